The molecule has 1 fully saturated rings. The highest BCUT2D eigenvalue weighted by Gasteiger charge is 2.31. The average Bonchev–Trinajstić information content (AvgIpc) is 3.01. The standard InChI is InChI=1S/C28H31ClN10O2/c1-2-23(30)31-15-16-32-24(22-6-3-4-17-39(22)26(41)21-11-14-33-27(29)37-21)36-18-19-7-9-20(10-8-19)25(40)38-28-34-12-5-13-35-28/h5,7-16,22H,2-4,6,17-18H2,1H3,(H2,30,31)(H,32,36)(H,34,35,38,40)/b16-15-. The lowest BCUT2D eigenvalue weighted by Crippen LogP contribution is -2.51. The number of piperidine rings is 1. The Balaban J connectivity index is 1.53. The number of carbonyl (C=O) groups excluding carboxylic acids is 2. The fraction of sp³-hybridized carbons (Fsp3) is 0.286. The van der Waals surface area contributed by atoms with E-state index in [9.17, 15) is 9.59 Å². The van der Waals surface area contributed by atoms with Crippen LogP contribution in [0, 0.1) is 0 Å². The maximum atomic E-state index is 13.4. The van der Waals surface area contributed by atoms with Gasteiger partial charge in [0.25, 0.3) is 11.8 Å². The molecule has 0 radical (unpaired) electrons. The third-order valence-corrected chi connectivity index (χ3v) is 6.45. The van der Waals surface area contributed by atoms with Crippen molar-refractivity contribution in [1.82, 2.24) is 30.2 Å². The van der Waals surface area contributed by atoms with E-state index in [4.69, 9.17) is 22.3 Å². The largest absolute Gasteiger partial charge is 0.387 e. The van der Waals surface area contributed by atoms with E-state index in [1.165, 1.54) is 6.20 Å². The first-order valence-electron chi connectivity index (χ1n) is 13.2. The number of nitrogens with one attached hydrogen (secondary N) is 2. The van der Waals surface area contributed by atoms with Crippen LogP contribution >= 0.6 is 11.6 Å². The molecule has 0 spiro atoms. The van der Waals surface area contributed by atoms with Gasteiger partial charge >= 0.3 is 0 Å². The second-order valence-electron chi connectivity index (χ2n) is 9.08. The van der Waals surface area contributed by atoms with E-state index in [0.717, 1.165) is 18.4 Å². The van der Waals surface area contributed by atoms with Gasteiger partial charge in [-0.1, -0.05) is 19.1 Å². The number of benzene rings is 1. The molecule has 4 rings (SSSR count). The van der Waals surface area contributed by atoms with Crippen molar-refractivity contribution in [2.75, 3.05) is 11.9 Å². The topological polar surface area (TPSA) is 164 Å². The lowest BCUT2D eigenvalue weighted by molar-refractivity contribution is 0.0671. The van der Waals surface area contributed by atoms with Crippen LogP contribution in [0.25, 0.3) is 0 Å². The summed E-state index contributed by atoms with van der Waals surface area (Å²) in [5, 5.41) is 5.90. The Hall–Kier alpha value is -4.71. The predicted molar refractivity (Wildman–Crippen MR) is 157 cm³/mol. The van der Waals surface area contributed by atoms with Crippen LogP contribution in [0.4, 0.5) is 5.95 Å². The van der Waals surface area contributed by atoms with Gasteiger partial charge in [-0.2, -0.15) is 0 Å². The Kier molecular flexibility index (Phi) is 10.4. The SMILES string of the molecule is CC/C(N)=N\C=C/N/C(=N\Cc1ccc(C(=O)Nc2ncccn2)cc1)C1CCCCN1C(=O)c1ccnc(Cl)n1. The molecule has 1 atom stereocenters. The van der Waals surface area contributed by atoms with Gasteiger partial charge < -0.3 is 16.0 Å². The van der Waals surface area contributed by atoms with E-state index >= 15 is 0 Å². The first-order chi connectivity index (χ1) is 19.9. The molecule has 1 aliphatic heterocycles. The van der Waals surface area contributed by atoms with Crippen molar-refractivity contribution in [1.29, 1.82) is 0 Å². The molecule has 3 heterocycles. The number of likely N-dealkylation sites (tertiary alicyclic amines) is 1. The van der Waals surface area contributed by atoms with Crippen LogP contribution in [0.5, 0.6) is 0 Å². The third-order valence-electron chi connectivity index (χ3n) is 6.27. The van der Waals surface area contributed by atoms with E-state index in [1.807, 2.05) is 19.1 Å². The summed E-state index contributed by atoms with van der Waals surface area (Å²) in [5.74, 6) is 0.772. The fourth-order valence-electron chi connectivity index (χ4n) is 4.13. The van der Waals surface area contributed by atoms with Crippen LogP contribution in [0.15, 0.2) is 77.4 Å². The summed E-state index contributed by atoms with van der Waals surface area (Å²) in [6.45, 7) is 2.78. The molecule has 3 aromatic rings. The smallest absolute Gasteiger partial charge is 0.273 e. The van der Waals surface area contributed by atoms with Crippen molar-refractivity contribution in [3.63, 3.8) is 0 Å². The number of aliphatic imine (C=N–C) groups is 2. The lowest BCUT2D eigenvalue weighted by atomic mass is 10.00. The minimum atomic E-state index is -0.321. The van der Waals surface area contributed by atoms with Gasteiger partial charge in [-0.15, -0.1) is 0 Å². The number of aromatic nitrogens is 4. The van der Waals surface area contributed by atoms with Crippen molar-refractivity contribution in [2.45, 2.75) is 45.2 Å². The van der Waals surface area contributed by atoms with Crippen LogP contribution in [0.1, 0.15) is 59.0 Å². The van der Waals surface area contributed by atoms with Gasteiger partial charge in [0.2, 0.25) is 11.2 Å². The highest BCUT2D eigenvalue weighted by atomic mass is 35.5. The monoisotopic (exact) mass is 574 g/mol. The number of hydrogen-bond acceptors (Lipinski definition) is 8. The minimum absolute atomic E-state index is 0.0131. The number of rotatable bonds is 9. The van der Waals surface area contributed by atoms with Crippen LogP contribution in [0.3, 0.4) is 0 Å². The van der Waals surface area contributed by atoms with Gasteiger partial charge in [0, 0.05) is 49.5 Å². The normalized spacial score (nSPS) is 16.0. The fourth-order valence-corrected chi connectivity index (χ4v) is 4.28. The van der Waals surface area contributed by atoms with Crippen molar-refractivity contribution in [3.05, 3.63) is 89.5 Å². The Labute approximate surface area is 242 Å². The molecule has 1 saturated heterocycles. The van der Waals surface area contributed by atoms with E-state index in [1.54, 1.807) is 54.0 Å². The van der Waals surface area contributed by atoms with Gasteiger partial charge in [-0.05, 0) is 60.7 Å². The van der Waals surface area contributed by atoms with Gasteiger partial charge in [0.15, 0.2) is 0 Å². The van der Waals surface area contributed by atoms with E-state index in [2.05, 4.69) is 35.6 Å². The summed E-state index contributed by atoms with van der Waals surface area (Å²) in [6.07, 6.45) is 10.9. The van der Waals surface area contributed by atoms with Crippen molar-refractivity contribution in [2.24, 2.45) is 15.7 Å². The highest BCUT2D eigenvalue weighted by molar-refractivity contribution is 6.28. The van der Waals surface area contributed by atoms with Crippen LogP contribution < -0.4 is 16.4 Å². The molecule has 2 aromatic heterocycles. The summed E-state index contributed by atoms with van der Waals surface area (Å²) < 4.78 is 0. The number of anilines is 1. The molecule has 13 heteroatoms. The highest BCUT2D eigenvalue weighted by Crippen LogP contribution is 2.21. The van der Waals surface area contributed by atoms with Crippen LogP contribution in [-0.2, 0) is 6.54 Å². The molecule has 1 aliphatic rings. The minimum Gasteiger partial charge on any atom is -0.387 e. The first-order valence-corrected chi connectivity index (χ1v) is 13.6. The average molecular weight is 575 g/mol. The molecule has 12 nitrogen and oxygen atoms in total. The van der Waals surface area contributed by atoms with Crippen molar-refractivity contribution >= 4 is 41.0 Å². The number of amides is 2. The van der Waals surface area contributed by atoms with Gasteiger partial charge in [-0.25, -0.2) is 24.9 Å². The summed E-state index contributed by atoms with van der Waals surface area (Å²) in [4.78, 5) is 52.8. The molecule has 0 bridgehead atoms. The zero-order valence-electron chi connectivity index (χ0n) is 22.6. The van der Waals surface area contributed by atoms with Crippen molar-refractivity contribution < 1.29 is 9.59 Å². The molecular weight excluding hydrogens is 544 g/mol. The lowest BCUT2D eigenvalue weighted by Gasteiger charge is -2.36. The molecule has 0 aliphatic carbocycles. The van der Waals surface area contributed by atoms with E-state index < -0.39 is 0 Å². The van der Waals surface area contributed by atoms with Gasteiger partial charge in [-0.3, -0.25) is 19.9 Å². The molecule has 0 saturated carbocycles. The van der Waals surface area contributed by atoms with Crippen LogP contribution in [-0.4, -0.2) is 60.9 Å². The molecule has 4 N–H and O–H groups in total. The number of nitrogens with two attached hydrogens (primary N) is 1. The third kappa shape index (κ3) is 8.39. The zero-order chi connectivity index (χ0) is 29.0. The van der Waals surface area contributed by atoms with Gasteiger partial charge in [0.05, 0.1) is 18.4 Å². The van der Waals surface area contributed by atoms with Crippen molar-refractivity contribution in [3.8, 4) is 0 Å². The Morgan fingerprint density at radius 3 is 2.63 bits per heavy atom. The predicted octanol–water partition coefficient (Wildman–Crippen LogP) is 3.59. The molecule has 41 heavy (non-hydrogen) atoms. The second-order valence-corrected chi connectivity index (χ2v) is 9.42. The number of carbonyl (C=O) groups is 2. The number of amidine groups is 2. The summed E-state index contributed by atoms with van der Waals surface area (Å²) in [5.41, 5.74) is 7.38. The molecular formula is C28H31ClN10O2. The van der Waals surface area contributed by atoms with E-state index in [0.29, 0.717) is 43.2 Å². The number of nitrogens with zero attached hydrogens (tertiary/aromatic N) is 7. The van der Waals surface area contributed by atoms with Crippen LogP contribution in [0.2, 0.25) is 5.28 Å². The Morgan fingerprint density at radius 1 is 1.12 bits per heavy atom. The molecule has 212 valence electrons. The van der Waals surface area contributed by atoms with E-state index in [-0.39, 0.29) is 34.8 Å². The zero-order valence-corrected chi connectivity index (χ0v) is 23.3. The summed E-state index contributed by atoms with van der Waals surface area (Å²) in [7, 11) is 0. The first kappa shape index (κ1) is 29.3. The maximum Gasteiger partial charge on any atom is 0.273 e. The number of halogens is 1. The van der Waals surface area contributed by atoms with Gasteiger partial charge in [0.1, 0.15) is 11.5 Å². The molecule has 1 unspecified atom stereocenters. The summed E-state index contributed by atoms with van der Waals surface area (Å²) in [6, 6.07) is 9.99. The second kappa shape index (κ2) is 14.6. The Morgan fingerprint density at radius 2 is 1.90 bits per heavy atom. The molecule has 1 aromatic carbocycles. The number of hydrogen-bond donors (Lipinski definition) is 3. The quantitative estimate of drug-likeness (QED) is 0.198. The Bertz CT molecular complexity index is 1430. The maximum absolute atomic E-state index is 13.4. The molecule has 2 amide bonds. The summed E-state index contributed by atoms with van der Waals surface area (Å²) >= 11 is 5.95.